The first-order valence-electron chi connectivity index (χ1n) is 9.34. The van der Waals surface area contributed by atoms with Crippen molar-refractivity contribution in [3.63, 3.8) is 0 Å². The largest absolute Gasteiger partial charge is 0.502 e. The average molecular weight is 374 g/mol. The van der Waals surface area contributed by atoms with Crippen LogP contribution in [0.2, 0.25) is 0 Å². The van der Waals surface area contributed by atoms with Gasteiger partial charge in [-0.1, -0.05) is 12.1 Å². The molecule has 7 nitrogen and oxygen atoms in total. The van der Waals surface area contributed by atoms with E-state index in [0.29, 0.717) is 30.9 Å². The minimum atomic E-state index is -0.625. The van der Waals surface area contributed by atoms with E-state index in [4.69, 9.17) is 9.47 Å². The van der Waals surface area contributed by atoms with Gasteiger partial charge in [-0.15, -0.1) is 0 Å². The second-order valence-corrected chi connectivity index (χ2v) is 6.98. The number of imide groups is 1. The maximum absolute atomic E-state index is 12.7. The topological polar surface area (TPSA) is 79.3 Å². The Morgan fingerprint density at radius 2 is 1.74 bits per heavy atom. The van der Waals surface area contributed by atoms with Gasteiger partial charge in [0.2, 0.25) is 0 Å². The Balaban J connectivity index is 1.63. The summed E-state index contributed by atoms with van der Waals surface area (Å²) in [5, 5.41) is 10.2. The SMILES string of the molecule is CC(C)Oc1ccc(C2=C(O)C(=O)N(CCCN3CCOCC3)C2=O)cc1. The molecule has 2 amide bonds. The van der Waals surface area contributed by atoms with Crippen molar-refractivity contribution in [2.75, 3.05) is 39.4 Å². The monoisotopic (exact) mass is 374 g/mol. The van der Waals surface area contributed by atoms with Crippen LogP contribution in [0.1, 0.15) is 25.8 Å². The van der Waals surface area contributed by atoms with Gasteiger partial charge in [0.1, 0.15) is 5.75 Å². The van der Waals surface area contributed by atoms with E-state index in [2.05, 4.69) is 4.90 Å². The highest BCUT2D eigenvalue weighted by atomic mass is 16.5. The number of aliphatic hydroxyl groups is 1. The Kier molecular flexibility index (Phi) is 6.13. The van der Waals surface area contributed by atoms with E-state index in [-0.39, 0.29) is 18.2 Å². The number of rotatable bonds is 7. The molecule has 0 bridgehead atoms. The van der Waals surface area contributed by atoms with Gasteiger partial charge in [-0.25, -0.2) is 0 Å². The first-order valence-corrected chi connectivity index (χ1v) is 9.34. The van der Waals surface area contributed by atoms with E-state index in [1.54, 1.807) is 24.3 Å². The number of benzene rings is 1. The molecule has 7 heteroatoms. The number of amides is 2. The van der Waals surface area contributed by atoms with Crippen LogP contribution in [0.4, 0.5) is 0 Å². The van der Waals surface area contributed by atoms with Crippen molar-refractivity contribution in [3.05, 3.63) is 35.6 Å². The summed E-state index contributed by atoms with van der Waals surface area (Å²) in [6, 6.07) is 6.83. The summed E-state index contributed by atoms with van der Waals surface area (Å²) in [7, 11) is 0. The van der Waals surface area contributed by atoms with Gasteiger partial charge in [-0.3, -0.25) is 19.4 Å². The maximum Gasteiger partial charge on any atom is 0.296 e. The third-order valence-corrected chi connectivity index (χ3v) is 4.62. The molecule has 0 atom stereocenters. The molecule has 1 aromatic rings. The third-order valence-electron chi connectivity index (χ3n) is 4.62. The van der Waals surface area contributed by atoms with Crippen LogP contribution in [0.15, 0.2) is 30.0 Å². The molecule has 0 spiro atoms. The Morgan fingerprint density at radius 1 is 1.07 bits per heavy atom. The van der Waals surface area contributed by atoms with Crippen molar-refractivity contribution in [2.24, 2.45) is 0 Å². The summed E-state index contributed by atoms with van der Waals surface area (Å²) < 4.78 is 10.9. The Bertz CT molecular complexity index is 720. The molecule has 146 valence electrons. The number of aliphatic hydroxyl groups excluding tert-OH is 1. The van der Waals surface area contributed by atoms with Gasteiger partial charge in [-0.05, 0) is 38.0 Å². The lowest BCUT2D eigenvalue weighted by atomic mass is 10.1. The van der Waals surface area contributed by atoms with Gasteiger partial charge < -0.3 is 14.6 Å². The van der Waals surface area contributed by atoms with Gasteiger partial charge in [0.25, 0.3) is 11.8 Å². The number of carbonyl (C=O) groups is 2. The van der Waals surface area contributed by atoms with Crippen molar-refractivity contribution in [1.29, 1.82) is 0 Å². The van der Waals surface area contributed by atoms with Crippen LogP contribution >= 0.6 is 0 Å². The molecule has 27 heavy (non-hydrogen) atoms. The number of nitrogens with zero attached hydrogens (tertiary/aromatic N) is 2. The molecule has 2 heterocycles. The van der Waals surface area contributed by atoms with Gasteiger partial charge >= 0.3 is 0 Å². The maximum atomic E-state index is 12.7. The van der Waals surface area contributed by atoms with E-state index in [1.807, 2.05) is 13.8 Å². The van der Waals surface area contributed by atoms with Crippen molar-refractivity contribution in [2.45, 2.75) is 26.4 Å². The molecule has 1 saturated heterocycles. The predicted octanol–water partition coefficient (Wildman–Crippen LogP) is 1.83. The summed E-state index contributed by atoms with van der Waals surface area (Å²) in [5.74, 6) is -0.881. The summed E-state index contributed by atoms with van der Waals surface area (Å²) in [6.07, 6.45) is 0.708. The Hall–Kier alpha value is -2.38. The molecule has 1 aromatic carbocycles. The summed E-state index contributed by atoms with van der Waals surface area (Å²) in [5.41, 5.74) is 0.570. The van der Waals surface area contributed by atoms with Crippen LogP contribution in [0, 0.1) is 0 Å². The van der Waals surface area contributed by atoms with Crippen LogP contribution in [0.3, 0.4) is 0 Å². The molecular formula is C20H26N2O5. The van der Waals surface area contributed by atoms with Crippen LogP contribution in [0.5, 0.6) is 5.75 Å². The van der Waals surface area contributed by atoms with Crippen LogP contribution in [-0.2, 0) is 14.3 Å². The fourth-order valence-electron chi connectivity index (χ4n) is 3.28. The molecule has 0 radical (unpaired) electrons. The zero-order chi connectivity index (χ0) is 19.4. The lowest BCUT2D eigenvalue weighted by molar-refractivity contribution is -0.138. The number of ether oxygens (including phenoxy) is 2. The van der Waals surface area contributed by atoms with Crippen LogP contribution in [-0.4, -0.2) is 72.2 Å². The zero-order valence-corrected chi connectivity index (χ0v) is 15.8. The highest BCUT2D eigenvalue weighted by molar-refractivity contribution is 6.34. The number of hydrogen-bond acceptors (Lipinski definition) is 6. The van der Waals surface area contributed by atoms with E-state index in [0.717, 1.165) is 24.5 Å². The number of hydrogen-bond donors (Lipinski definition) is 1. The van der Waals surface area contributed by atoms with E-state index in [1.165, 1.54) is 0 Å². The van der Waals surface area contributed by atoms with Gasteiger partial charge in [0, 0.05) is 26.2 Å². The lowest BCUT2D eigenvalue weighted by Gasteiger charge is -2.27. The Labute approximate surface area is 159 Å². The molecule has 3 rings (SSSR count). The fourth-order valence-corrected chi connectivity index (χ4v) is 3.28. The standard InChI is InChI=1S/C20H26N2O5/c1-14(2)27-16-6-4-15(5-7-16)17-18(23)20(25)22(19(17)24)9-3-8-21-10-12-26-13-11-21/h4-7,14,23H,3,8-13H2,1-2H3. The van der Waals surface area contributed by atoms with E-state index in [9.17, 15) is 14.7 Å². The molecule has 0 unspecified atom stereocenters. The summed E-state index contributed by atoms with van der Waals surface area (Å²) in [6.45, 7) is 8.08. The fraction of sp³-hybridized carbons (Fsp3) is 0.500. The van der Waals surface area contributed by atoms with Gasteiger partial charge in [0.05, 0.1) is 24.9 Å². The summed E-state index contributed by atoms with van der Waals surface area (Å²) in [4.78, 5) is 28.4. The van der Waals surface area contributed by atoms with Gasteiger partial charge in [0.15, 0.2) is 5.76 Å². The van der Waals surface area contributed by atoms with Crippen molar-refractivity contribution in [3.8, 4) is 5.75 Å². The number of morpholine rings is 1. The lowest BCUT2D eigenvalue weighted by Crippen LogP contribution is -2.39. The van der Waals surface area contributed by atoms with Crippen LogP contribution < -0.4 is 4.74 Å². The summed E-state index contributed by atoms with van der Waals surface area (Å²) >= 11 is 0. The first kappa shape index (κ1) is 19.4. The van der Waals surface area contributed by atoms with Gasteiger partial charge in [-0.2, -0.15) is 0 Å². The quantitative estimate of drug-likeness (QED) is 0.734. The van der Waals surface area contributed by atoms with Crippen molar-refractivity contribution >= 4 is 17.4 Å². The zero-order valence-electron chi connectivity index (χ0n) is 15.8. The Morgan fingerprint density at radius 3 is 2.37 bits per heavy atom. The number of carbonyl (C=O) groups excluding carboxylic acids is 2. The molecule has 0 aromatic heterocycles. The molecule has 0 aliphatic carbocycles. The molecule has 2 aliphatic rings. The van der Waals surface area contributed by atoms with E-state index >= 15 is 0 Å². The molecule has 1 fully saturated rings. The minimum Gasteiger partial charge on any atom is -0.502 e. The first-order chi connectivity index (χ1) is 13.0. The van der Waals surface area contributed by atoms with Crippen molar-refractivity contribution in [1.82, 2.24) is 9.80 Å². The second-order valence-electron chi connectivity index (χ2n) is 6.98. The average Bonchev–Trinajstić information content (AvgIpc) is 2.86. The molecule has 0 saturated carbocycles. The minimum absolute atomic E-state index is 0.0418. The second kappa shape index (κ2) is 8.54. The van der Waals surface area contributed by atoms with Crippen molar-refractivity contribution < 1.29 is 24.2 Å². The molecule has 1 N–H and O–H groups in total. The normalized spacial score (nSPS) is 18.7. The highest BCUT2D eigenvalue weighted by Crippen LogP contribution is 2.29. The predicted molar refractivity (Wildman–Crippen MR) is 100 cm³/mol. The molecular weight excluding hydrogens is 348 g/mol. The van der Waals surface area contributed by atoms with Crippen LogP contribution in [0.25, 0.3) is 5.57 Å². The smallest absolute Gasteiger partial charge is 0.296 e. The third kappa shape index (κ3) is 4.48. The van der Waals surface area contributed by atoms with E-state index < -0.39 is 17.6 Å². The highest BCUT2D eigenvalue weighted by Gasteiger charge is 2.38. The molecule has 2 aliphatic heterocycles.